The number of fused-ring (bicyclic) bond motifs is 5. The molecule has 9 rings (SSSR count). The molecule has 8 aromatic carbocycles. The van der Waals surface area contributed by atoms with Crippen LogP contribution in [0.25, 0.3) is 82.4 Å². The van der Waals surface area contributed by atoms with E-state index in [0.29, 0.717) is 22.3 Å². The van der Waals surface area contributed by atoms with Gasteiger partial charge in [0.1, 0.15) is 12.1 Å². The lowest BCUT2D eigenvalue weighted by atomic mass is 9.84. The first-order valence-electron chi connectivity index (χ1n) is 16.7. The molecule has 0 aliphatic heterocycles. The third-order valence-corrected chi connectivity index (χ3v) is 9.89. The molecule has 0 aliphatic rings. The van der Waals surface area contributed by atoms with E-state index in [0.717, 1.165) is 71.3 Å². The van der Waals surface area contributed by atoms with Crippen molar-refractivity contribution in [1.29, 1.82) is 15.8 Å². The summed E-state index contributed by atoms with van der Waals surface area (Å²) in [5, 5.41) is 36.9. The van der Waals surface area contributed by atoms with E-state index in [-0.39, 0.29) is 0 Å². The van der Waals surface area contributed by atoms with E-state index in [1.807, 2.05) is 54.6 Å². The maximum atomic E-state index is 10.4. The van der Waals surface area contributed by atoms with E-state index in [1.165, 1.54) is 5.56 Å². The summed E-state index contributed by atoms with van der Waals surface area (Å²) < 4.78 is 2.20. The maximum Gasteiger partial charge on any atom is 0.101 e. The Morgan fingerprint density at radius 1 is 0.392 bits per heavy atom. The molecule has 51 heavy (non-hydrogen) atoms. The molecule has 9 aromatic rings. The summed E-state index contributed by atoms with van der Waals surface area (Å²) in [6.45, 7) is 0. The van der Waals surface area contributed by atoms with Crippen LogP contribution < -0.4 is 0 Å². The zero-order valence-corrected chi connectivity index (χ0v) is 27.3. The molecule has 0 unspecified atom stereocenters. The Kier molecular flexibility index (Phi) is 6.93. The number of rotatable bonds is 4. The van der Waals surface area contributed by atoms with E-state index < -0.39 is 0 Å². The molecule has 1 heterocycles. The second-order valence-corrected chi connectivity index (χ2v) is 12.6. The number of aromatic nitrogens is 1. The largest absolute Gasteiger partial charge is 0.309 e. The Morgan fingerprint density at radius 2 is 0.961 bits per heavy atom. The van der Waals surface area contributed by atoms with Gasteiger partial charge in [0.05, 0.1) is 33.8 Å². The van der Waals surface area contributed by atoms with Crippen molar-refractivity contribution in [3.63, 3.8) is 0 Å². The minimum Gasteiger partial charge on any atom is -0.309 e. The number of benzene rings is 8. The van der Waals surface area contributed by atoms with Gasteiger partial charge in [-0.2, -0.15) is 15.8 Å². The Morgan fingerprint density at radius 3 is 1.57 bits per heavy atom. The van der Waals surface area contributed by atoms with E-state index in [2.05, 4.69) is 126 Å². The van der Waals surface area contributed by atoms with Crippen LogP contribution in [0.15, 0.2) is 158 Å². The van der Waals surface area contributed by atoms with E-state index in [4.69, 9.17) is 0 Å². The van der Waals surface area contributed by atoms with Crippen molar-refractivity contribution >= 4 is 43.4 Å². The quantitative estimate of drug-likeness (QED) is 0.179. The monoisotopic (exact) mass is 646 g/mol. The highest BCUT2D eigenvalue weighted by Crippen LogP contribution is 2.45. The predicted octanol–water partition coefficient (Wildman–Crippen LogP) is 11.7. The number of hydrogen-bond acceptors (Lipinski definition) is 3. The van der Waals surface area contributed by atoms with Crippen LogP contribution in [-0.2, 0) is 0 Å². The molecule has 0 amide bonds. The zero-order valence-electron chi connectivity index (χ0n) is 27.3. The second kappa shape index (κ2) is 11.9. The SMILES string of the molecule is N#Cc1ccc2c(c1)c1ccccc1n2-c1ccc(-c2cc(-c3c4ccccc4c(-c4ccccc4)c4ccccc34)cc(C#N)c2C#N)cc1. The van der Waals surface area contributed by atoms with Gasteiger partial charge in [-0.15, -0.1) is 0 Å². The summed E-state index contributed by atoms with van der Waals surface area (Å²) in [7, 11) is 0. The third kappa shape index (κ3) is 4.66. The number of nitriles is 3. The van der Waals surface area contributed by atoms with Crippen molar-refractivity contribution in [2.45, 2.75) is 0 Å². The zero-order chi connectivity index (χ0) is 34.5. The lowest BCUT2D eigenvalue weighted by Crippen LogP contribution is -1.96. The normalized spacial score (nSPS) is 11.1. The lowest BCUT2D eigenvalue weighted by molar-refractivity contribution is 1.18. The molecule has 4 nitrogen and oxygen atoms in total. The molecule has 0 N–H and O–H groups in total. The Balaban J connectivity index is 1.26. The van der Waals surface area contributed by atoms with Crippen molar-refractivity contribution in [2.75, 3.05) is 0 Å². The summed E-state index contributed by atoms with van der Waals surface area (Å²) in [6.07, 6.45) is 0. The van der Waals surface area contributed by atoms with Crippen LogP contribution in [0.4, 0.5) is 0 Å². The van der Waals surface area contributed by atoms with Gasteiger partial charge in [0.25, 0.3) is 0 Å². The molecule has 0 bridgehead atoms. The molecular weight excluding hydrogens is 621 g/mol. The highest BCUT2D eigenvalue weighted by molar-refractivity contribution is 6.21. The summed E-state index contributed by atoms with van der Waals surface area (Å²) in [5.74, 6) is 0. The summed E-state index contributed by atoms with van der Waals surface area (Å²) in [6, 6.07) is 60.3. The molecule has 0 atom stereocenters. The van der Waals surface area contributed by atoms with Crippen molar-refractivity contribution in [3.8, 4) is 57.3 Å². The van der Waals surface area contributed by atoms with Crippen molar-refractivity contribution in [1.82, 2.24) is 4.57 Å². The molecule has 0 saturated heterocycles. The van der Waals surface area contributed by atoms with Crippen LogP contribution in [0.2, 0.25) is 0 Å². The van der Waals surface area contributed by atoms with Gasteiger partial charge in [-0.1, -0.05) is 109 Å². The van der Waals surface area contributed by atoms with Crippen molar-refractivity contribution in [3.05, 3.63) is 174 Å². The van der Waals surface area contributed by atoms with Gasteiger partial charge >= 0.3 is 0 Å². The van der Waals surface area contributed by atoms with Crippen LogP contribution in [0, 0.1) is 34.0 Å². The summed E-state index contributed by atoms with van der Waals surface area (Å²) in [5.41, 5.74) is 10.1. The Labute approximate surface area is 294 Å². The molecule has 0 saturated carbocycles. The lowest BCUT2D eigenvalue weighted by Gasteiger charge is -2.19. The van der Waals surface area contributed by atoms with Crippen LogP contribution in [0.1, 0.15) is 16.7 Å². The molecule has 0 spiro atoms. The van der Waals surface area contributed by atoms with Crippen LogP contribution in [0.3, 0.4) is 0 Å². The van der Waals surface area contributed by atoms with Crippen molar-refractivity contribution in [2.24, 2.45) is 0 Å². The second-order valence-electron chi connectivity index (χ2n) is 12.6. The summed E-state index contributed by atoms with van der Waals surface area (Å²) >= 11 is 0. The average molecular weight is 647 g/mol. The third-order valence-electron chi connectivity index (χ3n) is 9.89. The molecule has 0 radical (unpaired) electrons. The van der Waals surface area contributed by atoms with Gasteiger partial charge < -0.3 is 4.57 Å². The smallest absolute Gasteiger partial charge is 0.101 e. The minimum absolute atomic E-state index is 0.338. The topological polar surface area (TPSA) is 76.3 Å². The van der Waals surface area contributed by atoms with Crippen LogP contribution in [-0.4, -0.2) is 4.57 Å². The first-order chi connectivity index (χ1) is 25.2. The van der Waals surface area contributed by atoms with Gasteiger partial charge in [-0.25, -0.2) is 0 Å². The fraction of sp³-hybridized carbons (Fsp3) is 0. The van der Waals surface area contributed by atoms with Crippen LogP contribution in [0.5, 0.6) is 0 Å². The number of para-hydroxylation sites is 1. The van der Waals surface area contributed by atoms with Gasteiger partial charge in [0, 0.05) is 22.0 Å². The molecule has 1 aromatic heterocycles. The molecule has 4 heteroatoms. The fourth-order valence-corrected chi connectivity index (χ4v) is 7.69. The van der Waals surface area contributed by atoms with E-state index >= 15 is 0 Å². The Hall–Kier alpha value is -7.45. The first-order valence-corrected chi connectivity index (χ1v) is 16.7. The number of nitrogens with zero attached hydrogens (tertiary/aromatic N) is 4. The standard InChI is InChI=1S/C47H26N4/c48-27-30-18-23-45-42(24-30)36-12-8-9-17-44(36)51(45)35-21-19-31(20-22-35)41-26-33(25-34(28-49)43(41)29-50)47-39-15-6-4-13-37(39)46(32-10-2-1-3-11-32)38-14-5-7-16-40(38)47/h1-26H. The number of hydrogen-bond donors (Lipinski definition) is 0. The Bertz CT molecular complexity index is 2930. The van der Waals surface area contributed by atoms with Gasteiger partial charge in [-0.05, 0) is 97.9 Å². The average Bonchev–Trinajstić information content (AvgIpc) is 3.53. The van der Waals surface area contributed by atoms with Gasteiger partial charge in [0.2, 0.25) is 0 Å². The van der Waals surface area contributed by atoms with Gasteiger partial charge in [0.15, 0.2) is 0 Å². The molecule has 234 valence electrons. The highest BCUT2D eigenvalue weighted by Gasteiger charge is 2.20. The predicted molar refractivity (Wildman–Crippen MR) is 206 cm³/mol. The fourth-order valence-electron chi connectivity index (χ4n) is 7.69. The van der Waals surface area contributed by atoms with E-state index in [1.54, 1.807) is 0 Å². The minimum atomic E-state index is 0.338. The first kappa shape index (κ1) is 29.7. The van der Waals surface area contributed by atoms with Gasteiger partial charge in [-0.3, -0.25) is 0 Å². The van der Waals surface area contributed by atoms with Crippen molar-refractivity contribution < 1.29 is 0 Å². The molecule has 0 fully saturated rings. The van der Waals surface area contributed by atoms with E-state index in [9.17, 15) is 15.8 Å². The maximum absolute atomic E-state index is 10.4. The summed E-state index contributed by atoms with van der Waals surface area (Å²) in [4.78, 5) is 0. The molecule has 0 aliphatic carbocycles. The molecular formula is C47H26N4. The van der Waals surface area contributed by atoms with Crippen LogP contribution >= 0.6 is 0 Å². The highest BCUT2D eigenvalue weighted by atomic mass is 15.0.